The second-order valence-corrected chi connectivity index (χ2v) is 11.7. The highest BCUT2D eigenvalue weighted by Crippen LogP contribution is 2.45. The minimum Gasteiger partial charge on any atom is -0.460 e. The molecular weight excluding hydrogens is 484 g/mol. The van der Waals surface area contributed by atoms with E-state index in [4.69, 9.17) is 4.74 Å². The second-order valence-electron chi connectivity index (χ2n) is 11.7. The smallest absolute Gasteiger partial charge is 0.345 e. The molecule has 1 N–H and O–H groups in total. The van der Waals surface area contributed by atoms with Crippen LogP contribution in [-0.2, 0) is 21.6 Å². The third-order valence-corrected chi connectivity index (χ3v) is 8.75. The van der Waals surface area contributed by atoms with Crippen LogP contribution in [0.5, 0.6) is 0 Å². The van der Waals surface area contributed by atoms with Crippen LogP contribution in [0.2, 0.25) is 0 Å². The first-order valence-electron chi connectivity index (χ1n) is 14.1. The van der Waals surface area contributed by atoms with E-state index in [-0.39, 0.29) is 17.8 Å². The summed E-state index contributed by atoms with van der Waals surface area (Å²) in [5, 5.41) is 4.26. The fraction of sp³-hybridized carbons (Fsp3) is 0.353. The second kappa shape index (κ2) is 10.0. The quantitative estimate of drug-likeness (QED) is 0.216. The van der Waals surface area contributed by atoms with Gasteiger partial charge in [-0.1, -0.05) is 87.9 Å². The van der Waals surface area contributed by atoms with Gasteiger partial charge < -0.3 is 14.6 Å². The number of rotatable bonds is 6. The fourth-order valence-corrected chi connectivity index (χ4v) is 6.63. The van der Waals surface area contributed by atoms with Gasteiger partial charge in [-0.05, 0) is 54.4 Å². The number of nitrogens with one attached hydrogen (secondary N) is 1. The van der Waals surface area contributed by atoms with Crippen molar-refractivity contribution in [1.82, 2.24) is 4.57 Å². The first-order valence-corrected chi connectivity index (χ1v) is 14.1. The zero-order valence-corrected chi connectivity index (χ0v) is 22.9. The van der Waals surface area contributed by atoms with Gasteiger partial charge in [-0.3, -0.25) is 4.79 Å². The molecule has 1 fully saturated rings. The summed E-state index contributed by atoms with van der Waals surface area (Å²) in [7, 11) is 0. The molecule has 1 aromatic heterocycles. The lowest BCUT2D eigenvalue weighted by Crippen LogP contribution is -2.50. The monoisotopic (exact) mass is 520 g/mol. The first-order chi connectivity index (χ1) is 18.9. The van der Waals surface area contributed by atoms with Crippen LogP contribution in [0.15, 0.2) is 85.1 Å². The Labute approximate surface area is 230 Å². The topological polar surface area (TPSA) is 60.3 Å². The van der Waals surface area contributed by atoms with Crippen LogP contribution in [0, 0.1) is 17.8 Å². The predicted octanol–water partition coefficient (Wildman–Crippen LogP) is 7.20. The lowest BCUT2D eigenvalue weighted by Gasteiger charge is -2.38. The van der Waals surface area contributed by atoms with Crippen molar-refractivity contribution in [2.75, 3.05) is 5.32 Å². The van der Waals surface area contributed by atoms with Crippen molar-refractivity contribution < 1.29 is 14.3 Å². The molecule has 3 aromatic carbocycles. The van der Waals surface area contributed by atoms with Crippen molar-refractivity contribution in [3.63, 3.8) is 0 Å². The maximum absolute atomic E-state index is 14.5. The Morgan fingerprint density at radius 3 is 2.49 bits per heavy atom. The van der Waals surface area contributed by atoms with Crippen LogP contribution in [0.3, 0.4) is 0 Å². The van der Waals surface area contributed by atoms with E-state index >= 15 is 0 Å². The van der Waals surface area contributed by atoms with Gasteiger partial charge in [0.2, 0.25) is 11.3 Å². The van der Waals surface area contributed by atoms with Crippen molar-refractivity contribution >= 4 is 28.3 Å². The largest absolute Gasteiger partial charge is 0.460 e. The molecule has 4 atom stereocenters. The van der Waals surface area contributed by atoms with Crippen LogP contribution in [-0.4, -0.2) is 22.4 Å². The summed E-state index contributed by atoms with van der Waals surface area (Å²) in [5.74, 6) is 0.390. The highest BCUT2D eigenvalue weighted by atomic mass is 16.5. The van der Waals surface area contributed by atoms with Crippen molar-refractivity contribution in [2.24, 2.45) is 17.8 Å². The van der Waals surface area contributed by atoms with Gasteiger partial charge in [-0.25, -0.2) is 4.79 Å². The number of anilines is 1. The molecule has 1 saturated carbocycles. The lowest BCUT2D eigenvalue weighted by molar-refractivity contribution is -0.159. The average Bonchev–Trinajstić information content (AvgIpc) is 3.45. The van der Waals surface area contributed by atoms with E-state index in [9.17, 15) is 9.59 Å². The maximum Gasteiger partial charge on any atom is 0.345 e. The standard InChI is InChI=1S/C34H36N2O3/c1-22(2)25-18-17-23(3)19-31(25)39-33(38)34(32(37)27-14-7-9-15-29(27)35-34)28-21-36(20-24-11-5-4-6-12-24)30-16-10-8-13-26(28)30/h4-16,21-23,25,31,35H,17-20H2,1-3H3/t23-,25+,31-,34-/m1/s1. The molecule has 0 radical (unpaired) electrons. The summed E-state index contributed by atoms with van der Waals surface area (Å²) in [5.41, 5.74) is 2.30. The van der Waals surface area contributed by atoms with Gasteiger partial charge in [0.15, 0.2) is 0 Å². The number of ketones is 1. The van der Waals surface area contributed by atoms with E-state index in [1.165, 1.54) is 0 Å². The summed E-state index contributed by atoms with van der Waals surface area (Å²) < 4.78 is 8.56. The summed E-state index contributed by atoms with van der Waals surface area (Å²) in [6.07, 6.45) is 4.74. The number of hydrogen-bond donors (Lipinski definition) is 1. The van der Waals surface area contributed by atoms with Crippen molar-refractivity contribution in [1.29, 1.82) is 0 Å². The molecule has 2 aliphatic rings. The summed E-state index contributed by atoms with van der Waals surface area (Å²) in [6, 6.07) is 25.6. The molecule has 5 nitrogen and oxygen atoms in total. The maximum atomic E-state index is 14.5. The number of nitrogens with zero attached hydrogens (tertiary/aromatic N) is 1. The van der Waals surface area contributed by atoms with Gasteiger partial charge in [0.25, 0.3) is 0 Å². The molecule has 0 bridgehead atoms. The number of Topliss-reactive ketones (excluding diaryl/α,β-unsaturated/α-hetero) is 1. The molecule has 6 rings (SSSR count). The Bertz CT molecular complexity index is 1520. The lowest BCUT2D eigenvalue weighted by atomic mass is 9.75. The zero-order chi connectivity index (χ0) is 27.1. The van der Waals surface area contributed by atoms with E-state index in [1.807, 2.05) is 66.9 Å². The molecular formula is C34H36N2O3. The average molecular weight is 521 g/mol. The number of benzene rings is 3. The van der Waals surface area contributed by atoms with Crippen molar-refractivity contribution in [3.8, 4) is 0 Å². The number of fused-ring (bicyclic) bond motifs is 2. The highest BCUT2D eigenvalue weighted by molar-refractivity contribution is 6.26. The molecule has 0 spiro atoms. The fourth-order valence-electron chi connectivity index (χ4n) is 6.63. The number of aromatic nitrogens is 1. The van der Waals surface area contributed by atoms with Crippen molar-refractivity contribution in [2.45, 2.75) is 58.2 Å². The molecule has 0 saturated heterocycles. The Kier molecular flexibility index (Phi) is 6.54. The number of para-hydroxylation sites is 2. The summed E-state index contributed by atoms with van der Waals surface area (Å²) >= 11 is 0. The van der Waals surface area contributed by atoms with Gasteiger partial charge in [-0.15, -0.1) is 0 Å². The summed E-state index contributed by atoms with van der Waals surface area (Å²) in [6.45, 7) is 7.24. The van der Waals surface area contributed by atoms with Crippen LogP contribution in [0.4, 0.5) is 5.69 Å². The molecule has 0 unspecified atom stereocenters. The normalized spacial score (nSPS) is 24.5. The Morgan fingerprint density at radius 2 is 1.72 bits per heavy atom. The van der Waals surface area contributed by atoms with Gasteiger partial charge in [0.05, 0.1) is 0 Å². The van der Waals surface area contributed by atoms with Crippen LogP contribution in [0.1, 0.15) is 61.5 Å². The minimum atomic E-state index is -1.65. The van der Waals surface area contributed by atoms with Gasteiger partial charge >= 0.3 is 5.97 Å². The first kappa shape index (κ1) is 25.4. The Morgan fingerprint density at radius 1 is 1.00 bits per heavy atom. The number of esters is 1. The SMILES string of the molecule is CC(C)[C@@H]1CC[C@@H](C)C[C@H]1OC(=O)[C@]1(c2cn(Cc3ccccc3)c3ccccc23)Nc2ccccc2C1=O. The molecule has 5 heteroatoms. The van der Waals surface area contributed by atoms with Gasteiger partial charge in [-0.2, -0.15) is 0 Å². The van der Waals surface area contributed by atoms with Gasteiger partial charge in [0, 0.05) is 40.5 Å². The van der Waals surface area contributed by atoms with Crippen LogP contribution >= 0.6 is 0 Å². The third kappa shape index (κ3) is 4.34. The van der Waals surface area contributed by atoms with E-state index in [0.717, 1.165) is 35.7 Å². The zero-order valence-electron chi connectivity index (χ0n) is 22.9. The number of ether oxygens (including phenoxy) is 1. The number of carbonyl (C=O) groups excluding carboxylic acids is 2. The molecule has 1 aliphatic carbocycles. The van der Waals surface area contributed by atoms with E-state index in [2.05, 4.69) is 42.8 Å². The van der Waals surface area contributed by atoms with Crippen LogP contribution < -0.4 is 5.32 Å². The third-order valence-electron chi connectivity index (χ3n) is 8.75. The van der Waals surface area contributed by atoms with Crippen LogP contribution in [0.25, 0.3) is 10.9 Å². The number of carbonyl (C=O) groups is 2. The predicted molar refractivity (Wildman–Crippen MR) is 155 cm³/mol. The van der Waals surface area contributed by atoms with Crippen molar-refractivity contribution in [3.05, 3.63) is 102 Å². The molecule has 0 amide bonds. The van der Waals surface area contributed by atoms with E-state index < -0.39 is 11.5 Å². The number of hydrogen-bond acceptors (Lipinski definition) is 4. The van der Waals surface area contributed by atoms with E-state index in [1.54, 1.807) is 6.07 Å². The molecule has 39 heavy (non-hydrogen) atoms. The molecule has 2 heterocycles. The Balaban J connectivity index is 1.48. The molecule has 200 valence electrons. The summed E-state index contributed by atoms with van der Waals surface area (Å²) in [4.78, 5) is 28.8. The minimum absolute atomic E-state index is 0.214. The van der Waals surface area contributed by atoms with Gasteiger partial charge in [0.1, 0.15) is 6.10 Å². The Hall–Kier alpha value is -3.86. The van der Waals surface area contributed by atoms with E-state index in [0.29, 0.717) is 35.2 Å². The molecule has 4 aromatic rings. The molecule has 1 aliphatic heterocycles. The highest BCUT2D eigenvalue weighted by Gasteiger charge is 2.56.